The summed E-state index contributed by atoms with van der Waals surface area (Å²) in [6, 6.07) is -0.712. The van der Waals surface area contributed by atoms with Gasteiger partial charge in [0, 0.05) is 11.4 Å². The molecule has 1 aromatic rings. The van der Waals surface area contributed by atoms with Crippen LogP contribution in [0, 0.1) is 5.92 Å². The monoisotopic (exact) mass is 465 g/mol. The molecule has 3 aliphatic rings. The highest BCUT2D eigenvalue weighted by Crippen LogP contribution is 2.48. The Bertz CT molecular complexity index is 1100. The van der Waals surface area contributed by atoms with Crippen molar-refractivity contribution in [3.63, 3.8) is 0 Å². The summed E-state index contributed by atoms with van der Waals surface area (Å²) < 4.78 is 17.0. The van der Waals surface area contributed by atoms with Crippen LogP contribution in [-0.4, -0.2) is 25.9 Å². The number of aliphatic hydroxyl groups is 1. The van der Waals surface area contributed by atoms with Gasteiger partial charge in [0.25, 0.3) is 0 Å². The van der Waals surface area contributed by atoms with Crippen molar-refractivity contribution >= 4 is 27.3 Å². The Morgan fingerprint density at radius 2 is 2.26 bits per heavy atom. The maximum atomic E-state index is 13.0. The van der Waals surface area contributed by atoms with Gasteiger partial charge in [-0.2, -0.15) is 0 Å². The number of carbonyl (C=O) groups excluding carboxylic acids is 1. The van der Waals surface area contributed by atoms with Crippen molar-refractivity contribution in [2.75, 3.05) is 0 Å². The Balaban J connectivity index is 1.66. The number of dihydropyridines is 1. The summed E-state index contributed by atoms with van der Waals surface area (Å²) in [6.45, 7) is 7.54. The van der Waals surface area contributed by atoms with Crippen LogP contribution >= 0.6 is 11.3 Å². The third kappa shape index (κ3) is 4.06. The van der Waals surface area contributed by atoms with Crippen molar-refractivity contribution in [1.82, 2.24) is 15.6 Å². The zero-order valence-corrected chi connectivity index (χ0v) is 20.1. The molecule has 31 heavy (non-hydrogen) atoms. The molecule has 170 valence electrons. The fourth-order valence-corrected chi connectivity index (χ4v) is 6.94. The molecular formula is C21H31N5O3S2. The highest BCUT2D eigenvalue weighted by atomic mass is 32.2. The minimum Gasteiger partial charge on any atom is -0.383 e. The lowest BCUT2D eigenvalue weighted by atomic mass is 9.86. The first kappa shape index (κ1) is 22.4. The zero-order valence-electron chi connectivity index (χ0n) is 18.4. The average molecular weight is 466 g/mol. The van der Waals surface area contributed by atoms with Gasteiger partial charge in [-0.15, -0.1) is 15.7 Å². The number of nitrogens with zero attached hydrogens (tertiary/aromatic N) is 2. The van der Waals surface area contributed by atoms with Crippen LogP contribution in [0.4, 0.5) is 4.79 Å². The zero-order chi connectivity index (χ0) is 22.6. The van der Waals surface area contributed by atoms with E-state index < -0.39 is 21.5 Å². The maximum Gasteiger partial charge on any atom is 0.354 e. The Hall–Kier alpha value is -1.75. The number of urea groups is 1. The molecule has 0 aromatic carbocycles. The molecule has 2 amide bonds. The van der Waals surface area contributed by atoms with Crippen molar-refractivity contribution in [1.29, 1.82) is 0 Å². The molecule has 0 saturated heterocycles. The lowest BCUT2D eigenvalue weighted by Crippen LogP contribution is -2.46. The summed E-state index contributed by atoms with van der Waals surface area (Å²) in [5.41, 5.74) is 3.07. The molecule has 1 aromatic heterocycles. The molecule has 10 heteroatoms. The number of carbonyl (C=O) groups is 1. The predicted molar refractivity (Wildman–Crippen MR) is 121 cm³/mol. The molecule has 5 N–H and O–H groups in total. The molecule has 0 spiro atoms. The van der Waals surface area contributed by atoms with E-state index >= 15 is 0 Å². The number of hydrogen-bond donors (Lipinski definition) is 4. The number of allylic oxidation sites excluding steroid dienone is 2. The minimum absolute atomic E-state index is 0.164. The number of nitrogens with two attached hydrogens (primary N) is 1. The van der Waals surface area contributed by atoms with Gasteiger partial charge < -0.3 is 15.7 Å². The molecule has 4 rings (SSSR count). The van der Waals surface area contributed by atoms with Crippen LogP contribution in [0.5, 0.6) is 0 Å². The van der Waals surface area contributed by atoms with E-state index in [1.54, 1.807) is 13.8 Å². The fraction of sp³-hybridized carbons (Fsp3) is 0.619. The Morgan fingerprint density at radius 3 is 2.90 bits per heavy atom. The molecule has 0 bridgehead atoms. The standard InChI is InChI=1S/C21H31N5O3S2/c1-5-12-8-9-13-16(12)25-21(4)10-6-7-14(21)17(13)24-19(27)26-31(22,29)15-11-23-18(30-15)20(2,3)28/h11-12,25,28H,5-10H2,1-4H3,(H3,22,24,26,27,29). The van der Waals surface area contributed by atoms with E-state index in [1.807, 2.05) is 0 Å². The molecule has 1 aliphatic heterocycles. The van der Waals surface area contributed by atoms with E-state index in [0.29, 0.717) is 10.9 Å². The lowest BCUT2D eigenvalue weighted by molar-refractivity contribution is 0.0783. The number of thiazole rings is 1. The van der Waals surface area contributed by atoms with Gasteiger partial charge in [0.05, 0.1) is 11.7 Å². The Labute approximate surface area is 187 Å². The number of nitrogens with one attached hydrogen (secondary N) is 2. The SMILES string of the molecule is CCC1CCC2=C1NC1(C)CCCC1=C2NC(=O)N=S(N)(=O)c1cnc(C(C)(C)O)s1. The maximum absolute atomic E-state index is 13.0. The van der Waals surface area contributed by atoms with Gasteiger partial charge in [-0.05, 0) is 76.4 Å². The molecule has 8 nitrogen and oxygen atoms in total. The molecule has 0 radical (unpaired) electrons. The van der Waals surface area contributed by atoms with E-state index in [4.69, 9.17) is 5.14 Å². The smallest absolute Gasteiger partial charge is 0.354 e. The predicted octanol–water partition coefficient (Wildman–Crippen LogP) is 3.65. The van der Waals surface area contributed by atoms with E-state index in [2.05, 4.69) is 33.8 Å². The molecule has 3 unspecified atom stereocenters. The Kier molecular flexibility index (Phi) is 5.56. The minimum atomic E-state index is -3.47. The van der Waals surface area contributed by atoms with Crippen molar-refractivity contribution in [3.05, 3.63) is 33.7 Å². The molecule has 2 heterocycles. The summed E-state index contributed by atoms with van der Waals surface area (Å²) in [4.78, 5) is 16.9. The molecular weight excluding hydrogens is 434 g/mol. The molecule has 1 saturated carbocycles. The molecule has 3 atom stereocenters. The summed E-state index contributed by atoms with van der Waals surface area (Å²) >= 11 is 1.00. The van der Waals surface area contributed by atoms with E-state index in [9.17, 15) is 14.1 Å². The summed E-state index contributed by atoms with van der Waals surface area (Å²) in [5, 5.41) is 23.1. The van der Waals surface area contributed by atoms with Crippen LogP contribution in [0.1, 0.15) is 71.2 Å². The Morgan fingerprint density at radius 1 is 1.52 bits per heavy atom. The second kappa shape index (κ2) is 7.68. The number of rotatable bonds is 4. The number of fused-ring (bicyclic) bond motifs is 1. The number of amides is 2. The fourth-order valence-electron chi connectivity index (χ4n) is 4.88. The van der Waals surface area contributed by atoms with Crippen LogP contribution in [0.3, 0.4) is 0 Å². The summed E-state index contributed by atoms with van der Waals surface area (Å²) in [6.07, 6.45) is 7.31. The van der Waals surface area contributed by atoms with E-state index in [-0.39, 0.29) is 9.75 Å². The normalized spacial score (nSPS) is 27.5. The summed E-state index contributed by atoms with van der Waals surface area (Å²) in [5.74, 6) is 0.467. The average Bonchev–Trinajstić information content (AvgIpc) is 3.37. The molecule has 2 aliphatic carbocycles. The van der Waals surface area contributed by atoms with Crippen LogP contribution < -0.4 is 15.8 Å². The largest absolute Gasteiger partial charge is 0.383 e. The molecule has 1 fully saturated rings. The summed E-state index contributed by atoms with van der Waals surface area (Å²) in [7, 11) is -3.47. The number of hydrogen-bond acceptors (Lipinski definition) is 6. The van der Waals surface area contributed by atoms with Gasteiger partial charge >= 0.3 is 6.03 Å². The highest BCUT2D eigenvalue weighted by molar-refractivity contribution is 7.93. The third-order valence-electron chi connectivity index (χ3n) is 6.50. The first-order valence-electron chi connectivity index (χ1n) is 10.7. The van der Waals surface area contributed by atoms with Gasteiger partial charge in [0.2, 0.25) is 0 Å². The van der Waals surface area contributed by atoms with Crippen molar-refractivity contribution in [3.8, 4) is 0 Å². The van der Waals surface area contributed by atoms with E-state index in [0.717, 1.165) is 61.1 Å². The van der Waals surface area contributed by atoms with Gasteiger partial charge in [0.15, 0.2) is 9.92 Å². The van der Waals surface area contributed by atoms with Crippen LogP contribution in [-0.2, 0) is 15.5 Å². The van der Waals surface area contributed by atoms with E-state index in [1.165, 1.54) is 17.5 Å². The van der Waals surface area contributed by atoms with Gasteiger partial charge in [0.1, 0.15) is 14.8 Å². The second-order valence-electron chi connectivity index (χ2n) is 9.33. The van der Waals surface area contributed by atoms with Crippen molar-refractivity contribution in [2.45, 2.75) is 81.6 Å². The lowest BCUT2D eigenvalue weighted by Gasteiger charge is -2.38. The first-order chi connectivity index (χ1) is 14.4. The second-order valence-corrected chi connectivity index (χ2v) is 12.4. The van der Waals surface area contributed by atoms with Crippen LogP contribution in [0.25, 0.3) is 0 Å². The van der Waals surface area contributed by atoms with Crippen LogP contribution in [0.2, 0.25) is 0 Å². The topological polar surface area (TPSA) is 130 Å². The van der Waals surface area contributed by atoms with Gasteiger partial charge in [-0.1, -0.05) is 6.92 Å². The number of aromatic nitrogens is 1. The quantitative estimate of drug-likeness (QED) is 0.539. The van der Waals surface area contributed by atoms with Crippen LogP contribution in [0.15, 0.2) is 37.3 Å². The van der Waals surface area contributed by atoms with Crippen molar-refractivity contribution < 1.29 is 14.1 Å². The van der Waals surface area contributed by atoms with Gasteiger partial charge in [-0.3, -0.25) is 0 Å². The third-order valence-corrected chi connectivity index (χ3v) is 9.69. The van der Waals surface area contributed by atoms with Gasteiger partial charge in [-0.25, -0.2) is 19.1 Å². The van der Waals surface area contributed by atoms with Crippen molar-refractivity contribution in [2.24, 2.45) is 15.4 Å². The highest BCUT2D eigenvalue weighted by Gasteiger charge is 2.44. The first-order valence-corrected chi connectivity index (χ1v) is 13.1.